The summed E-state index contributed by atoms with van der Waals surface area (Å²) >= 11 is 5.67. The molecule has 102 valence electrons. The number of rotatable bonds is 4. The number of allylic oxidation sites excluding steroid dienone is 1. The predicted molar refractivity (Wildman–Crippen MR) is 74.7 cm³/mol. The Labute approximate surface area is 117 Å². The van der Waals surface area contributed by atoms with Gasteiger partial charge in [-0.25, -0.2) is 4.39 Å². The van der Waals surface area contributed by atoms with Gasteiger partial charge in [-0.2, -0.15) is 0 Å². The SMILES string of the molecule is O=C(Cc1ccc(Cl)cc1F)NCC1=CCCCC1. The first kappa shape index (κ1) is 14.1. The van der Waals surface area contributed by atoms with Gasteiger partial charge in [0, 0.05) is 11.6 Å². The molecule has 19 heavy (non-hydrogen) atoms. The molecule has 0 atom stereocenters. The quantitative estimate of drug-likeness (QED) is 0.839. The molecule has 0 bridgehead atoms. The van der Waals surface area contributed by atoms with E-state index in [0.29, 0.717) is 17.1 Å². The van der Waals surface area contributed by atoms with Gasteiger partial charge in [0.1, 0.15) is 5.82 Å². The third-order valence-corrected chi connectivity index (χ3v) is 3.50. The molecule has 1 aromatic rings. The van der Waals surface area contributed by atoms with E-state index in [9.17, 15) is 9.18 Å². The van der Waals surface area contributed by atoms with E-state index in [1.807, 2.05) is 0 Å². The van der Waals surface area contributed by atoms with Crippen LogP contribution in [0.1, 0.15) is 31.2 Å². The average molecular weight is 282 g/mol. The fourth-order valence-corrected chi connectivity index (χ4v) is 2.34. The van der Waals surface area contributed by atoms with Crippen molar-refractivity contribution in [3.8, 4) is 0 Å². The molecule has 1 amide bonds. The maximum Gasteiger partial charge on any atom is 0.224 e. The summed E-state index contributed by atoms with van der Waals surface area (Å²) in [6, 6.07) is 4.38. The second-order valence-corrected chi connectivity index (χ2v) is 5.23. The maximum absolute atomic E-state index is 13.5. The monoisotopic (exact) mass is 281 g/mol. The van der Waals surface area contributed by atoms with Crippen LogP contribution >= 0.6 is 11.6 Å². The van der Waals surface area contributed by atoms with Crippen LogP contribution in [-0.2, 0) is 11.2 Å². The lowest BCUT2D eigenvalue weighted by Gasteiger charge is -2.13. The number of benzene rings is 1. The van der Waals surface area contributed by atoms with Crippen molar-refractivity contribution >= 4 is 17.5 Å². The Balaban J connectivity index is 1.85. The molecule has 0 aliphatic heterocycles. The minimum absolute atomic E-state index is 0.0519. The van der Waals surface area contributed by atoms with Crippen molar-refractivity contribution in [2.24, 2.45) is 0 Å². The van der Waals surface area contributed by atoms with Crippen LogP contribution in [0.5, 0.6) is 0 Å². The molecule has 4 heteroatoms. The van der Waals surface area contributed by atoms with Gasteiger partial charge in [-0.1, -0.05) is 29.3 Å². The third-order valence-electron chi connectivity index (χ3n) is 3.26. The fraction of sp³-hybridized carbons (Fsp3) is 0.400. The highest BCUT2D eigenvalue weighted by Crippen LogP contribution is 2.17. The summed E-state index contributed by atoms with van der Waals surface area (Å²) in [4.78, 5) is 11.8. The largest absolute Gasteiger partial charge is 0.352 e. The van der Waals surface area contributed by atoms with Gasteiger partial charge in [-0.15, -0.1) is 0 Å². The van der Waals surface area contributed by atoms with Gasteiger partial charge in [0.05, 0.1) is 6.42 Å². The van der Waals surface area contributed by atoms with Gasteiger partial charge in [-0.3, -0.25) is 4.79 Å². The zero-order valence-corrected chi connectivity index (χ0v) is 11.5. The molecule has 1 aliphatic carbocycles. The highest BCUT2D eigenvalue weighted by Gasteiger charge is 2.10. The molecule has 1 N–H and O–H groups in total. The smallest absolute Gasteiger partial charge is 0.224 e. The zero-order valence-electron chi connectivity index (χ0n) is 10.7. The van der Waals surface area contributed by atoms with Gasteiger partial charge in [-0.05, 0) is 43.4 Å². The second kappa shape index (κ2) is 6.71. The van der Waals surface area contributed by atoms with Crippen molar-refractivity contribution in [1.29, 1.82) is 0 Å². The molecule has 2 rings (SSSR count). The Bertz CT molecular complexity index is 499. The molecule has 0 saturated heterocycles. The molecule has 1 aliphatic rings. The Morgan fingerprint density at radius 2 is 2.21 bits per heavy atom. The van der Waals surface area contributed by atoms with Crippen molar-refractivity contribution in [2.75, 3.05) is 6.54 Å². The lowest BCUT2D eigenvalue weighted by atomic mass is 9.99. The summed E-state index contributed by atoms with van der Waals surface area (Å²) in [5, 5.41) is 3.18. The normalized spacial score (nSPS) is 14.9. The van der Waals surface area contributed by atoms with E-state index >= 15 is 0 Å². The lowest BCUT2D eigenvalue weighted by molar-refractivity contribution is -0.120. The number of hydrogen-bond donors (Lipinski definition) is 1. The topological polar surface area (TPSA) is 29.1 Å². The number of carbonyl (C=O) groups is 1. The van der Waals surface area contributed by atoms with E-state index in [2.05, 4.69) is 11.4 Å². The molecule has 0 radical (unpaired) electrons. The average Bonchev–Trinajstić information content (AvgIpc) is 2.41. The summed E-state index contributed by atoms with van der Waals surface area (Å²) < 4.78 is 13.5. The zero-order chi connectivity index (χ0) is 13.7. The first-order chi connectivity index (χ1) is 9.15. The molecular weight excluding hydrogens is 265 g/mol. The molecule has 0 spiro atoms. The van der Waals surface area contributed by atoms with E-state index in [0.717, 1.165) is 12.8 Å². The Morgan fingerprint density at radius 1 is 1.37 bits per heavy atom. The summed E-state index contributed by atoms with van der Waals surface area (Å²) in [6.45, 7) is 0.577. The molecular formula is C15H17ClFNO. The van der Waals surface area contributed by atoms with Crippen LogP contribution in [-0.4, -0.2) is 12.5 Å². The minimum Gasteiger partial charge on any atom is -0.352 e. The summed E-state index contributed by atoms with van der Waals surface area (Å²) in [7, 11) is 0. The molecule has 1 aromatic carbocycles. The summed E-state index contributed by atoms with van der Waals surface area (Å²) in [5.41, 5.74) is 1.65. The van der Waals surface area contributed by atoms with E-state index in [1.165, 1.54) is 24.5 Å². The van der Waals surface area contributed by atoms with Crippen LogP contribution in [0.4, 0.5) is 4.39 Å². The van der Waals surface area contributed by atoms with E-state index in [-0.39, 0.29) is 12.3 Å². The maximum atomic E-state index is 13.5. The number of nitrogens with one attached hydrogen (secondary N) is 1. The van der Waals surface area contributed by atoms with Crippen LogP contribution in [0.15, 0.2) is 29.8 Å². The highest BCUT2D eigenvalue weighted by atomic mass is 35.5. The van der Waals surface area contributed by atoms with Crippen LogP contribution < -0.4 is 5.32 Å². The lowest BCUT2D eigenvalue weighted by Crippen LogP contribution is -2.27. The predicted octanol–water partition coefficient (Wildman–Crippen LogP) is 3.64. The van der Waals surface area contributed by atoms with Gasteiger partial charge in [0.15, 0.2) is 0 Å². The molecule has 2 nitrogen and oxygen atoms in total. The molecule has 0 aromatic heterocycles. The summed E-state index contributed by atoms with van der Waals surface area (Å²) in [6.07, 6.45) is 6.80. The van der Waals surface area contributed by atoms with E-state index in [4.69, 9.17) is 11.6 Å². The van der Waals surface area contributed by atoms with E-state index in [1.54, 1.807) is 12.1 Å². The summed E-state index contributed by atoms with van der Waals surface area (Å²) in [5.74, 6) is -0.591. The molecule has 0 fully saturated rings. The van der Waals surface area contributed by atoms with Crippen molar-refractivity contribution in [2.45, 2.75) is 32.1 Å². The van der Waals surface area contributed by atoms with Crippen LogP contribution in [0.3, 0.4) is 0 Å². The first-order valence-electron chi connectivity index (χ1n) is 6.53. The van der Waals surface area contributed by atoms with Crippen LogP contribution in [0.25, 0.3) is 0 Å². The molecule has 0 saturated carbocycles. The Morgan fingerprint density at radius 3 is 2.89 bits per heavy atom. The second-order valence-electron chi connectivity index (χ2n) is 4.80. The van der Waals surface area contributed by atoms with Crippen molar-refractivity contribution in [3.05, 3.63) is 46.3 Å². The van der Waals surface area contributed by atoms with Crippen molar-refractivity contribution in [3.63, 3.8) is 0 Å². The Hall–Kier alpha value is -1.35. The fourth-order valence-electron chi connectivity index (χ4n) is 2.18. The van der Waals surface area contributed by atoms with Crippen molar-refractivity contribution < 1.29 is 9.18 Å². The van der Waals surface area contributed by atoms with Gasteiger partial charge < -0.3 is 5.32 Å². The standard InChI is InChI=1S/C15H17ClFNO/c16-13-7-6-12(14(17)9-13)8-15(19)18-10-11-4-2-1-3-5-11/h4,6-7,9H,1-3,5,8,10H2,(H,18,19). The van der Waals surface area contributed by atoms with Gasteiger partial charge in [0.25, 0.3) is 0 Å². The molecule has 0 unspecified atom stereocenters. The van der Waals surface area contributed by atoms with Gasteiger partial charge >= 0.3 is 0 Å². The van der Waals surface area contributed by atoms with E-state index < -0.39 is 5.82 Å². The number of carbonyl (C=O) groups excluding carboxylic acids is 1. The molecule has 0 heterocycles. The highest BCUT2D eigenvalue weighted by molar-refractivity contribution is 6.30. The number of halogens is 2. The van der Waals surface area contributed by atoms with Crippen LogP contribution in [0, 0.1) is 5.82 Å². The number of amides is 1. The van der Waals surface area contributed by atoms with Crippen molar-refractivity contribution in [1.82, 2.24) is 5.32 Å². The first-order valence-corrected chi connectivity index (χ1v) is 6.91. The third kappa shape index (κ3) is 4.35. The number of hydrogen-bond acceptors (Lipinski definition) is 1. The Kier molecular flexibility index (Phi) is 4.97. The van der Waals surface area contributed by atoms with Crippen LogP contribution in [0.2, 0.25) is 5.02 Å². The van der Waals surface area contributed by atoms with Gasteiger partial charge in [0.2, 0.25) is 5.91 Å². The minimum atomic E-state index is -0.431.